The summed E-state index contributed by atoms with van der Waals surface area (Å²) in [5, 5.41) is 35.1. The van der Waals surface area contributed by atoms with E-state index in [1.54, 1.807) is 49.1 Å². The summed E-state index contributed by atoms with van der Waals surface area (Å²) in [5.74, 6) is -1.57. The first-order valence-corrected chi connectivity index (χ1v) is 16.9. The van der Waals surface area contributed by atoms with Crippen molar-refractivity contribution in [3.8, 4) is 0 Å². The number of nitrogens with zero attached hydrogens (tertiary/aromatic N) is 1. The molecule has 2 saturated heterocycles. The Labute approximate surface area is 279 Å². The molecule has 0 aliphatic carbocycles. The summed E-state index contributed by atoms with van der Waals surface area (Å²) in [4.78, 5) is 39.9. The maximum absolute atomic E-state index is 13.2. The summed E-state index contributed by atoms with van der Waals surface area (Å²) in [6, 6.07) is 0. The number of epoxide rings is 1. The Morgan fingerprint density at radius 3 is 2.57 bits per heavy atom. The van der Waals surface area contributed by atoms with Crippen molar-refractivity contribution >= 4 is 18.0 Å². The summed E-state index contributed by atoms with van der Waals surface area (Å²) in [6.07, 6.45) is 5.54. The molecule has 0 unspecified atom stereocenters. The molecule has 0 saturated carbocycles. The average Bonchev–Trinajstić information content (AvgIpc) is 3.77. The zero-order valence-electron chi connectivity index (χ0n) is 29.0. The third-order valence-corrected chi connectivity index (χ3v) is 9.33. The molecule has 0 spiro atoms. The first kappa shape index (κ1) is 38.7. The lowest BCUT2D eigenvalue weighted by molar-refractivity contribution is -0.168. The molecule has 3 aliphatic rings. The molecular formula is C35H56N2O10. The maximum atomic E-state index is 13.2. The van der Waals surface area contributed by atoms with Crippen molar-refractivity contribution in [1.29, 1.82) is 0 Å². The predicted octanol–water partition coefficient (Wildman–Crippen LogP) is 3.19. The van der Waals surface area contributed by atoms with E-state index in [1.807, 2.05) is 27.7 Å². The normalized spacial score (nSPS) is 34.2. The minimum absolute atomic E-state index is 0.0205. The molecule has 3 aliphatic heterocycles. The van der Waals surface area contributed by atoms with Gasteiger partial charge in [-0.15, -0.1) is 0 Å². The third-order valence-electron chi connectivity index (χ3n) is 9.33. The number of rotatable bonds is 10. The molecule has 47 heavy (non-hydrogen) atoms. The lowest BCUT2D eigenvalue weighted by Crippen LogP contribution is -2.51. The summed E-state index contributed by atoms with van der Waals surface area (Å²) in [6.45, 7) is 14.4. The Balaban J connectivity index is 1.82. The number of nitrogens with one attached hydrogen (secondary N) is 1. The molecule has 0 aromatic carbocycles. The van der Waals surface area contributed by atoms with Crippen molar-refractivity contribution in [2.75, 3.05) is 26.2 Å². The molecule has 0 radical (unpaired) electrons. The lowest BCUT2D eigenvalue weighted by Gasteiger charge is -2.37. The van der Waals surface area contributed by atoms with Gasteiger partial charge >= 0.3 is 18.0 Å². The van der Waals surface area contributed by atoms with Crippen LogP contribution in [0.15, 0.2) is 36.0 Å². The van der Waals surface area contributed by atoms with Crippen molar-refractivity contribution in [3.05, 3.63) is 36.0 Å². The molecule has 1 amide bonds. The molecular weight excluding hydrogens is 608 g/mol. The van der Waals surface area contributed by atoms with Crippen LogP contribution >= 0.6 is 0 Å². The summed E-state index contributed by atoms with van der Waals surface area (Å²) < 4.78 is 23.3. The van der Waals surface area contributed by atoms with Crippen LogP contribution in [-0.4, -0.2) is 112 Å². The van der Waals surface area contributed by atoms with Crippen LogP contribution in [-0.2, 0) is 28.5 Å². The Morgan fingerprint density at radius 1 is 1.26 bits per heavy atom. The van der Waals surface area contributed by atoms with Gasteiger partial charge in [0, 0.05) is 51.4 Å². The van der Waals surface area contributed by atoms with Crippen LogP contribution in [0.2, 0.25) is 0 Å². The highest BCUT2D eigenvalue weighted by Gasteiger charge is 2.47. The molecule has 3 heterocycles. The standard InChI is InChI=1S/C35H56N2O10/c1-8-27(40)24(4)32-28(44-32)21-34(6,43)14-9-10-22(2)31-23(3)11-12-29(45-33(42)37-18-16-36-17-19-37)35(7,47-25(5)38)15-13-26(39)20-30(41)46-31/h9-12,14,23-24,26-29,31-32,36,39-40,43H,8,13,15-21H2,1-7H3/b12-11-,14-9+,22-10+/t23-,24+,26+,27-,28-,29-,31+,32+,34-,35+/m0/s1. The van der Waals surface area contributed by atoms with E-state index < -0.39 is 59.6 Å². The molecule has 3 rings (SSSR count). The number of cyclic esters (lactones) is 1. The number of allylic oxidation sites excluding steroid dienone is 2. The Kier molecular flexibility index (Phi) is 14.0. The molecule has 266 valence electrons. The number of hydrogen-bond donors (Lipinski definition) is 4. The maximum Gasteiger partial charge on any atom is 0.410 e. The van der Waals surface area contributed by atoms with E-state index in [0.29, 0.717) is 44.6 Å². The number of esters is 2. The Morgan fingerprint density at radius 2 is 1.94 bits per heavy atom. The van der Waals surface area contributed by atoms with Gasteiger partial charge in [-0.1, -0.05) is 45.1 Å². The molecule has 0 bridgehead atoms. The van der Waals surface area contributed by atoms with Gasteiger partial charge in [-0.05, 0) is 51.7 Å². The van der Waals surface area contributed by atoms with Gasteiger partial charge in [0.1, 0.15) is 11.7 Å². The smallest absolute Gasteiger partial charge is 0.410 e. The second-order valence-corrected chi connectivity index (χ2v) is 13.8. The summed E-state index contributed by atoms with van der Waals surface area (Å²) >= 11 is 0. The SMILES string of the molecule is CC[C@H](O)[C@@H](C)[C@H]1O[C@H]1C[C@@](C)(O)/C=C/C=C(\C)[C@H]1OC(=O)C[C@H](O)CC[C@@](C)(OC(C)=O)[C@@H](OC(=O)N2CCNCC2)/C=C\[C@@H]1C. The molecule has 0 aromatic heterocycles. The fraction of sp³-hybridized carbons (Fsp3) is 0.743. The van der Waals surface area contributed by atoms with Gasteiger partial charge in [0.15, 0.2) is 6.10 Å². The van der Waals surface area contributed by atoms with Gasteiger partial charge in [-0.2, -0.15) is 0 Å². The second-order valence-electron chi connectivity index (χ2n) is 13.8. The van der Waals surface area contributed by atoms with Gasteiger partial charge in [-0.3, -0.25) is 9.59 Å². The zero-order chi connectivity index (χ0) is 34.9. The van der Waals surface area contributed by atoms with Gasteiger partial charge in [-0.25, -0.2) is 4.79 Å². The molecule has 12 nitrogen and oxygen atoms in total. The molecule has 2 fully saturated rings. The first-order valence-electron chi connectivity index (χ1n) is 16.9. The monoisotopic (exact) mass is 664 g/mol. The zero-order valence-corrected chi connectivity index (χ0v) is 29.0. The minimum Gasteiger partial charge on any atom is -0.457 e. The number of amides is 1. The first-order chi connectivity index (χ1) is 22.0. The van der Waals surface area contributed by atoms with Crippen LogP contribution in [0, 0.1) is 11.8 Å². The third kappa shape index (κ3) is 11.7. The number of ether oxygens (including phenoxy) is 4. The van der Waals surface area contributed by atoms with Crippen LogP contribution in [0.3, 0.4) is 0 Å². The molecule has 0 aromatic rings. The number of aliphatic hydroxyl groups excluding tert-OH is 2. The van der Waals surface area contributed by atoms with Crippen LogP contribution in [0.4, 0.5) is 4.79 Å². The largest absolute Gasteiger partial charge is 0.457 e. The molecule has 4 N–H and O–H groups in total. The van der Waals surface area contributed by atoms with E-state index in [9.17, 15) is 29.7 Å². The summed E-state index contributed by atoms with van der Waals surface area (Å²) in [5.41, 5.74) is -1.79. The summed E-state index contributed by atoms with van der Waals surface area (Å²) in [7, 11) is 0. The lowest BCUT2D eigenvalue weighted by atomic mass is 9.88. The quantitative estimate of drug-likeness (QED) is 0.0891. The van der Waals surface area contributed by atoms with E-state index in [0.717, 1.165) is 0 Å². The minimum atomic E-state index is -1.30. The van der Waals surface area contributed by atoms with E-state index >= 15 is 0 Å². The van der Waals surface area contributed by atoms with E-state index in [2.05, 4.69) is 5.32 Å². The topological polar surface area (TPSA) is 167 Å². The van der Waals surface area contributed by atoms with Crippen molar-refractivity contribution in [2.45, 2.75) is 128 Å². The van der Waals surface area contributed by atoms with Crippen molar-refractivity contribution < 1.29 is 48.7 Å². The number of piperazine rings is 1. The fourth-order valence-electron chi connectivity index (χ4n) is 6.26. The molecule has 12 heteroatoms. The number of aliphatic hydroxyl groups is 3. The average molecular weight is 665 g/mol. The highest BCUT2D eigenvalue weighted by atomic mass is 16.6. The number of carbonyl (C=O) groups excluding carboxylic acids is 3. The van der Waals surface area contributed by atoms with Gasteiger partial charge < -0.3 is 44.5 Å². The van der Waals surface area contributed by atoms with Crippen molar-refractivity contribution in [1.82, 2.24) is 10.2 Å². The van der Waals surface area contributed by atoms with Crippen LogP contribution < -0.4 is 5.32 Å². The second kappa shape index (κ2) is 17.1. The molecule has 10 atom stereocenters. The van der Waals surface area contributed by atoms with E-state index in [-0.39, 0.29) is 37.4 Å². The Bertz CT molecular complexity index is 1160. The van der Waals surface area contributed by atoms with E-state index in [4.69, 9.17) is 18.9 Å². The van der Waals surface area contributed by atoms with Crippen molar-refractivity contribution in [3.63, 3.8) is 0 Å². The van der Waals surface area contributed by atoms with Crippen molar-refractivity contribution in [2.24, 2.45) is 11.8 Å². The highest BCUT2D eigenvalue weighted by Crippen LogP contribution is 2.37. The van der Waals surface area contributed by atoms with Crippen LogP contribution in [0.1, 0.15) is 80.6 Å². The highest BCUT2D eigenvalue weighted by molar-refractivity contribution is 5.71. The number of hydrogen-bond acceptors (Lipinski definition) is 11. The number of carbonyl (C=O) groups is 3. The fourth-order valence-corrected chi connectivity index (χ4v) is 6.26. The van der Waals surface area contributed by atoms with Gasteiger partial charge in [0.25, 0.3) is 0 Å². The van der Waals surface area contributed by atoms with E-state index in [1.165, 1.54) is 6.92 Å². The van der Waals surface area contributed by atoms with Gasteiger partial charge in [0.2, 0.25) is 0 Å². The van der Waals surface area contributed by atoms with Gasteiger partial charge in [0.05, 0.1) is 36.4 Å². The van der Waals surface area contributed by atoms with Crippen LogP contribution in [0.25, 0.3) is 0 Å². The Hall–Kier alpha value is -2.77. The van der Waals surface area contributed by atoms with Crippen LogP contribution in [0.5, 0.6) is 0 Å². The predicted molar refractivity (Wildman–Crippen MR) is 175 cm³/mol.